The highest BCUT2D eigenvalue weighted by molar-refractivity contribution is 4.81. The highest BCUT2D eigenvalue weighted by Gasteiger charge is 2.11. The third-order valence-corrected chi connectivity index (χ3v) is 1.01. The fourth-order valence-electron chi connectivity index (χ4n) is 0.598. The lowest BCUT2D eigenvalue weighted by Crippen LogP contribution is -2.38. The van der Waals surface area contributed by atoms with Gasteiger partial charge in [0.1, 0.15) is 5.27 Å². The third kappa shape index (κ3) is 0.892. The van der Waals surface area contributed by atoms with Crippen LogP contribution in [0, 0.1) is 0 Å². The van der Waals surface area contributed by atoms with Crippen LogP contribution < -0.4 is 10.6 Å². The van der Waals surface area contributed by atoms with Gasteiger partial charge in [-0.1, -0.05) is 10.1 Å². The largest absolute Gasteiger partial charge is 0.467 e. The Hall–Kier alpha value is -1.99. The second-order valence-corrected chi connectivity index (χ2v) is 1.69. The molecule has 8 nitrogen and oxygen atoms in total. The SMILES string of the molecule is O=c1[nH][n+](-c2ncn[nH]2)no1. The Morgan fingerprint density at radius 3 is 3.09 bits per heavy atom. The molecule has 0 radical (unpaired) electrons. The van der Waals surface area contributed by atoms with Gasteiger partial charge in [0, 0.05) is 4.80 Å². The zero-order chi connectivity index (χ0) is 7.68. The molecule has 0 aromatic carbocycles. The summed E-state index contributed by atoms with van der Waals surface area (Å²) in [5.74, 6) is -0.364. The maximum atomic E-state index is 10.4. The Morgan fingerprint density at radius 1 is 1.64 bits per heavy atom. The first-order valence-corrected chi connectivity index (χ1v) is 2.70. The number of aromatic amines is 2. The summed E-state index contributed by atoms with van der Waals surface area (Å²) in [7, 11) is 0. The Balaban J connectivity index is 2.53. The van der Waals surface area contributed by atoms with Crippen molar-refractivity contribution in [3.63, 3.8) is 0 Å². The number of nitrogens with one attached hydrogen (secondary N) is 2. The van der Waals surface area contributed by atoms with E-state index in [1.54, 1.807) is 0 Å². The average Bonchev–Trinajstić information content (AvgIpc) is 2.55. The molecule has 0 saturated heterocycles. The van der Waals surface area contributed by atoms with Gasteiger partial charge >= 0.3 is 11.7 Å². The Labute approximate surface area is 58.8 Å². The van der Waals surface area contributed by atoms with Gasteiger partial charge in [-0.2, -0.15) is 5.10 Å². The van der Waals surface area contributed by atoms with Crippen molar-refractivity contribution in [3.8, 4) is 5.95 Å². The average molecular weight is 155 g/mol. The van der Waals surface area contributed by atoms with Gasteiger partial charge in [-0.3, -0.25) is 4.52 Å². The van der Waals surface area contributed by atoms with Crippen LogP contribution in [0.3, 0.4) is 0 Å². The predicted molar refractivity (Wildman–Crippen MR) is 28.6 cm³/mol. The molecule has 0 aliphatic carbocycles. The van der Waals surface area contributed by atoms with Gasteiger partial charge in [0.15, 0.2) is 0 Å². The van der Waals surface area contributed by atoms with Crippen LogP contribution in [-0.2, 0) is 0 Å². The first kappa shape index (κ1) is 5.77. The first-order valence-electron chi connectivity index (χ1n) is 2.70. The van der Waals surface area contributed by atoms with E-state index in [1.165, 1.54) is 6.33 Å². The van der Waals surface area contributed by atoms with Crippen molar-refractivity contribution in [2.75, 3.05) is 0 Å². The van der Waals surface area contributed by atoms with Crippen molar-refractivity contribution in [3.05, 3.63) is 16.9 Å². The van der Waals surface area contributed by atoms with Crippen molar-refractivity contribution in [2.45, 2.75) is 0 Å². The van der Waals surface area contributed by atoms with E-state index in [4.69, 9.17) is 0 Å². The lowest BCUT2D eigenvalue weighted by Gasteiger charge is -1.73. The van der Waals surface area contributed by atoms with Gasteiger partial charge < -0.3 is 0 Å². The summed E-state index contributed by atoms with van der Waals surface area (Å²) in [5.41, 5.74) is 0. The van der Waals surface area contributed by atoms with E-state index in [0.717, 1.165) is 4.80 Å². The van der Waals surface area contributed by atoms with E-state index in [1.807, 2.05) is 0 Å². The molecule has 0 amide bonds. The fraction of sp³-hybridized carbons (Fsp3) is 0. The third-order valence-electron chi connectivity index (χ3n) is 1.01. The summed E-state index contributed by atoms with van der Waals surface area (Å²) in [6, 6.07) is 0. The minimum absolute atomic E-state index is 0.288. The van der Waals surface area contributed by atoms with Crippen LogP contribution in [0.4, 0.5) is 0 Å². The molecule has 0 fully saturated rings. The summed E-state index contributed by atoms with van der Waals surface area (Å²) in [5, 5.41) is 11.5. The molecule has 2 aromatic rings. The molecule has 11 heavy (non-hydrogen) atoms. The topological polar surface area (TPSA) is 104 Å². The van der Waals surface area contributed by atoms with Crippen LogP contribution in [0.15, 0.2) is 15.6 Å². The summed E-state index contributed by atoms with van der Waals surface area (Å²) in [4.78, 5) is 15.2. The molecule has 0 aliphatic heterocycles. The molecule has 0 saturated carbocycles. The Bertz CT molecular complexity index is 384. The maximum Gasteiger partial charge on any atom is 0.467 e. The van der Waals surface area contributed by atoms with Gasteiger partial charge in [-0.25, -0.2) is 4.79 Å². The number of hydrogen-bond donors (Lipinski definition) is 2. The summed E-state index contributed by atoms with van der Waals surface area (Å²) in [6.07, 6.45) is 1.29. The van der Waals surface area contributed by atoms with Gasteiger partial charge in [0.05, 0.1) is 0 Å². The molecule has 2 N–H and O–H groups in total. The van der Waals surface area contributed by atoms with Crippen LogP contribution in [0.5, 0.6) is 0 Å². The second kappa shape index (κ2) is 2.01. The monoisotopic (exact) mass is 155 g/mol. The summed E-state index contributed by atoms with van der Waals surface area (Å²) >= 11 is 0. The van der Waals surface area contributed by atoms with Crippen molar-refractivity contribution >= 4 is 0 Å². The Morgan fingerprint density at radius 2 is 2.55 bits per heavy atom. The van der Waals surface area contributed by atoms with Gasteiger partial charge in [0.25, 0.3) is 0 Å². The molecule has 0 bridgehead atoms. The van der Waals surface area contributed by atoms with Crippen LogP contribution >= 0.6 is 0 Å². The number of rotatable bonds is 1. The quantitative estimate of drug-likeness (QED) is 0.453. The van der Waals surface area contributed by atoms with Crippen LogP contribution in [-0.4, -0.2) is 25.6 Å². The first-order chi connectivity index (χ1) is 5.36. The van der Waals surface area contributed by atoms with Crippen molar-refractivity contribution in [1.82, 2.24) is 25.6 Å². The molecular formula is C3H3N6O2+. The molecule has 2 heterocycles. The molecule has 0 unspecified atom stereocenters. The van der Waals surface area contributed by atoms with E-state index in [0.29, 0.717) is 0 Å². The lowest BCUT2D eigenvalue weighted by molar-refractivity contribution is -0.731. The second-order valence-electron chi connectivity index (χ2n) is 1.69. The smallest absolute Gasteiger partial charge is 0.265 e. The van der Waals surface area contributed by atoms with Crippen LogP contribution in [0.1, 0.15) is 0 Å². The molecule has 0 spiro atoms. The van der Waals surface area contributed by atoms with Gasteiger partial charge in [-0.05, 0) is 0 Å². The lowest BCUT2D eigenvalue weighted by atomic mass is 11.1. The van der Waals surface area contributed by atoms with Crippen molar-refractivity contribution < 1.29 is 9.32 Å². The molecular weight excluding hydrogens is 152 g/mol. The van der Waals surface area contributed by atoms with Crippen molar-refractivity contribution in [2.24, 2.45) is 0 Å². The standard InChI is InChI=1S/C3H2N6O2/c10-3-7-9(8-11-3)2-4-1-5-6-2/h1H,(H-,4,5,6,7,8,10)/p+1. The van der Waals surface area contributed by atoms with Crippen LogP contribution in [0.25, 0.3) is 5.95 Å². The zero-order valence-electron chi connectivity index (χ0n) is 5.18. The molecule has 0 atom stereocenters. The number of aromatic nitrogens is 6. The molecule has 2 aromatic heterocycles. The number of hydrogen-bond acceptors (Lipinski definition) is 5. The maximum absolute atomic E-state index is 10.4. The van der Waals surface area contributed by atoms with E-state index < -0.39 is 5.76 Å². The molecule has 56 valence electrons. The zero-order valence-corrected chi connectivity index (χ0v) is 5.18. The normalized spacial score (nSPS) is 10.2. The van der Waals surface area contributed by atoms with Crippen molar-refractivity contribution in [1.29, 1.82) is 0 Å². The molecule has 8 heteroatoms. The summed E-state index contributed by atoms with van der Waals surface area (Å²) < 4.78 is 4.20. The van der Waals surface area contributed by atoms with E-state index in [-0.39, 0.29) is 5.95 Å². The summed E-state index contributed by atoms with van der Waals surface area (Å²) in [6.45, 7) is 0. The minimum atomic E-state index is -0.651. The van der Waals surface area contributed by atoms with E-state index in [9.17, 15) is 4.79 Å². The fourth-order valence-corrected chi connectivity index (χ4v) is 0.598. The minimum Gasteiger partial charge on any atom is -0.265 e. The highest BCUT2D eigenvalue weighted by atomic mass is 16.5. The molecule has 2 rings (SSSR count). The highest BCUT2D eigenvalue weighted by Crippen LogP contribution is 1.75. The van der Waals surface area contributed by atoms with Gasteiger partial charge in [0.2, 0.25) is 6.33 Å². The van der Waals surface area contributed by atoms with E-state index in [2.05, 4.69) is 30.1 Å². The van der Waals surface area contributed by atoms with E-state index >= 15 is 0 Å². The number of nitrogens with zero attached hydrogens (tertiary/aromatic N) is 4. The number of H-pyrrole nitrogens is 2. The molecule has 0 aliphatic rings. The predicted octanol–water partition coefficient (Wildman–Crippen LogP) is -2.24. The van der Waals surface area contributed by atoms with Crippen LogP contribution in [0.2, 0.25) is 0 Å². The Kier molecular flexibility index (Phi) is 1.05. The van der Waals surface area contributed by atoms with Gasteiger partial charge in [-0.15, -0.1) is 5.10 Å².